The van der Waals surface area contributed by atoms with Crippen LogP contribution in [0, 0.1) is 6.92 Å². The SMILES string of the molecule is Cc1c(C(N)=O)cn2ncnc(Nc3ccc[nH]c3=O)c12. The van der Waals surface area contributed by atoms with Crippen LogP contribution in [0.15, 0.2) is 35.6 Å². The van der Waals surface area contributed by atoms with Gasteiger partial charge in [-0.1, -0.05) is 0 Å². The molecule has 3 aromatic rings. The van der Waals surface area contributed by atoms with Crippen molar-refractivity contribution in [3.8, 4) is 0 Å². The van der Waals surface area contributed by atoms with Gasteiger partial charge in [0.25, 0.3) is 11.5 Å². The molecule has 0 bridgehead atoms. The molecule has 106 valence electrons. The van der Waals surface area contributed by atoms with E-state index >= 15 is 0 Å². The first kappa shape index (κ1) is 12.9. The zero-order valence-electron chi connectivity index (χ0n) is 11.1. The van der Waals surface area contributed by atoms with E-state index < -0.39 is 5.91 Å². The van der Waals surface area contributed by atoms with E-state index in [1.807, 2.05) is 0 Å². The molecule has 0 aliphatic carbocycles. The minimum atomic E-state index is -0.540. The number of anilines is 2. The predicted molar refractivity (Wildman–Crippen MR) is 76.6 cm³/mol. The van der Waals surface area contributed by atoms with Gasteiger partial charge in [0.15, 0.2) is 5.82 Å². The number of pyridine rings is 1. The summed E-state index contributed by atoms with van der Waals surface area (Å²) in [6, 6.07) is 3.33. The van der Waals surface area contributed by atoms with Crippen LogP contribution in [-0.4, -0.2) is 25.5 Å². The number of hydrogen-bond donors (Lipinski definition) is 3. The molecule has 0 saturated carbocycles. The molecular weight excluding hydrogens is 272 g/mol. The molecule has 3 heterocycles. The first-order valence-corrected chi connectivity index (χ1v) is 6.15. The summed E-state index contributed by atoms with van der Waals surface area (Å²) in [5.41, 5.74) is 7.01. The van der Waals surface area contributed by atoms with Crippen molar-refractivity contribution in [1.29, 1.82) is 0 Å². The van der Waals surface area contributed by atoms with Gasteiger partial charge in [0.05, 0.1) is 5.56 Å². The third-order valence-electron chi connectivity index (χ3n) is 3.16. The fourth-order valence-corrected chi connectivity index (χ4v) is 2.15. The molecule has 1 amide bonds. The molecule has 3 rings (SSSR count). The summed E-state index contributed by atoms with van der Waals surface area (Å²) < 4.78 is 1.50. The van der Waals surface area contributed by atoms with E-state index in [-0.39, 0.29) is 5.56 Å². The van der Waals surface area contributed by atoms with Crippen LogP contribution in [0.5, 0.6) is 0 Å². The molecule has 8 heteroatoms. The molecule has 0 aliphatic heterocycles. The third kappa shape index (κ3) is 2.12. The van der Waals surface area contributed by atoms with Crippen molar-refractivity contribution in [3.05, 3.63) is 52.3 Å². The van der Waals surface area contributed by atoms with Crippen LogP contribution in [-0.2, 0) is 0 Å². The van der Waals surface area contributed by atoms with Gasteiger partial charge in [0.2, 0.25) is 0 Å². The van der Waals surface area contributed by atoms with E-state index in [2.05, 4.69) is 20.4 Å². The molecule has 3 aromatic heterocycles. The first-order chi connectivity index (χ1) is 10.1. The quantitative estimate of drug-likeness (QED) is 0.649. The summed E-state index contributed by atoms with van der Waals surface area (Å²) in [5, 5.41) is 6.98. The van der Waals surface area contributed by atoms with E-state index in [0.717, 1.165) is 0 Å². The fourth-order valence-electron chi connectivity index (χ4n) is 2.15. The molecule has 0 spiro atoms. The molecule has 0 saturated heterocycles. The van der Waals surface area contributed by atoms with Crippen molar-refractivity contribution in [1.82, 2.24) is 19.6 Å². The van der Waals surface area contributed by atoms with Crippen molar-refractivity contribution >= 4 is 22.9 Å². The molecule has 0 aromatic carbocycles. The lowest BCUT2D eigenvalue weighted by molar-refractivity contribution is 0.1000. The number of nitrogens with two attached hydrogens (primary N) is 1. The van der Waals surface area contributed by atoms with Crippen molar-refractivity contribution in [3.63, 3.8) is 0 Å². The lowest BCUT2D eigenvalue weighted by Gasteiger charge is -2.06. The van der Waals surface area contributed by atoms with Gasteiger partial charge in [0, 0.05) is 12.4 Å². The van der Waals surface area contributed by atoms with E-state index in [1.54, 1.807) is 19.1 Å². The Kier molecular flexibility index (Phi) is 2.90. The van der Waals surface area contributed by atoms with Crippen LogP contribution in [0.4, 0.5) is 11.5 Å². The zero-order valence-corrected chi connectivity index (χ0v) is 11.1. The van der Waals surface area contributed by atoms with Crippen molar-refractivity contribution in [2.24, 2.45) is 5.73 Å². The third-order valence-corrected chi connectivity index (χ3v) is 3.16. The van der Waals surface area contributed by atoms with Gasteiger partial charge in [-0.15, -0.1) is 0 Å². The highest BCUT2D eigenvalue weighted by molar-refractivity contribution is 5.98. The van der Waals surface area contributed by atoms with Gasteiger partial charge in [-0.25, -0.2) is 9.50 Å². The number of amides is 1. The number of hydrogen-bond acceptors (Lipinski definition) is 5. The molecular formula is C13H12N6O2. The van der Waals surface area contributed by atoms with E-state index in [1.165, 1.54) is 23.2 Å². The average molecular weight is 284 g/mol. The fraction of sp³-hybridized carbons (Fsp3) is 0.0769. The van der Waals surface area contributed by atoms with E-state index in [0.29, 0.717) is 28.1 Å². The summed E-state index contributed by atoms with van der Waals surface area (Å²) in [7, 11) is 0. The van der Waals surface area contributed by atoms with Crippen molar-refractivity contribution in [2.75, 3.05) is 5.32 Å². The molecule has 4 N–H and O–H groups in total. The standard InChI is InChI=1S/C13H12N6O2/c1-7-8(11(14)20)5-19-10(7)12(16-6-17-19)18-9-3-2-4-15-13(9)21/h2-6H,1H3,(H2,14,20)(H,15,21)(H,16,17,18). The second-order valence-electron chi connectivity index (χ2n) is 4.47. The molecule has 8 nitrogen and oxygen atoms in total. The van der Waals surface area contributed by atoms with E-state index in [4.69, 9.17) is 5.73 Å². The molecule has 21 heavy (non-hydrogen) atoms. The normalized spacial score (nSPS) is 10.7. The lowest BCUT2D eigenvalue weighted by atomic mass is 10.2. The maximum atomic E-state index is 11.7. The molecule has 0 unspecified atom stereocenters. The summed E-state index contributed by atoms with van der Waals surface area (Å²) in [5.74, 6) is -0.117. The van der Waals surface area contributed by atoms with Gasteiger partial charge in [-0.2, -0.15) is 5.10 Å². The second-order valence-corrected chi connectivity index (χ2v) is 4.47. The average Bonchev–Trinajstić information content (AvgIpc) is 2.80. The van der Waals surface area contributed by atoms with Gasteiger partial charge in [-0.05, 0) is 24.6 Å². The summed E-state index contributed by atoms with van der Waals surface area (Å²) in [6.07, 6.45) is 4.41. The Morgan fingerprint density at radius 3 is 3.00 bits per heavy atom. The maximum absolute atomic E-state index is 11.7. The first-order valence-electron chi connectivity index (χ1n) is 6.15. The van der Waals surface area contributed by atoms with Crippen molar-refractivity contribution in [2.45, 2.75) is 6.92 Å². The number of carbonyl (C=O) groups excluding carboxylic acids is 1. The highest BCUT2D eigenvalue weighted by Gasteiger charge is 2.16. The summed E-state index contributed by atoms with van der Waals surface area (Å²) in [4.78, 5) is 29.8. The van der Waals surface area contributed by atoms with Crippen LogP contribution in [0.3, 0.4) is 0 Å². The van der Waals surface area contributed by atoms with Crippen LogP contribution in [0.25, 0.3) is 5.52 Å². The monoisotopic (exact) mass is 284 g/mol. The number of carbonyl (C=O) groups is 1. The smallest absolute Gasteiger partial charge is 0.271 e. The number of aromatic amines is 1. The molecule has 0 radical (unpaired) electrons. The topological polar surface area (TPSA) is 118 Å². The van der Waals surface area contributed by atoms with Gasteiger partial charge in [-0.3, -0.25) is 9.59 Å². The number of aromatic nitrogens is 4. The minimum absolute atomic E-state index is 0.270. The summed E-state index contributed by atoms with van der Waals surface area (Å²) >= 11 is 0. The van der Waals surface area contributed by atoms with Crippen molar-refractivity contribution < 1.29 is 4.79 Å². The Morgan fingerprint density at radius 1 is 1.48 bits per heavy atom. The Morgan fingerprint density at radius 2 is 2.29 bits per heavy atom. The Hall–Kier alpha value is -3.16. The Labute approximate surface area is 118 Å². The number of fused-ring (bicyclic) bond motifs is 1. The number of nitrogens with one attached hydrogen (secondary N) is 2. The summed E-state index contributed by atoms with van der Waals surface area (Å²) in [6.45, 7) is 1.75. The number of aryl methyl sites for hydroxylation is 1. The molecule has 0 aliphatic rings. The van der Waals surface area contributed by atoms with Crippen LogP contribution in [0.1, 0.15) is 15.9 Å². The van der Waals surface area contributed by atoms with Gasteiger partial charge >= 0.3 is 0 Å². The highest BCUT2D eigenvalue weighted by atomic mass is 16.1. The maximum Gasteiger partial charge on any atom is 0.271 e. The van der Waals surface area contributed by atoms with Gasteiger partial charge < -0.3 is 16.0 Å². The number of primary amides is 1. The number of nitrogens with zero attached hydrogens (tertiary/aromatic N) is 3. The second kappa shape index (κ2) is 4.75. The largest absolute Gasteiger partial charge is 0.366 e. The van der Waals surface area contributed by atoms with E-state index in [9.17, 15) is 9.59 Å². The minimum Gasteiger partial charge on any atom is -0.366 e. The Bertz CT molecular complexity index is 895. The predicted octanol–water partition coefficient (Wildman–Crippen LogP) is 0.569. The molecule has 0 fully saturated rings. The number of H-pyrrole nitrogens is 1. The zero-order chi connectivity index (χ0) is 15.0. The van der Waals surface area contributed by atoms with Gasteiger partial charge in [0.1, 0.15) is 17.5 Å². The number of rotatable bonds is 3. The Balaban J connectivity index is 2.17. The van der Waals surface area contributed by atoms with Crippen LogP contribution < -0.4 is 16.6 Å². The van der Waals surface area contributed by atoms with Crippen LogP contribution >= 0.6 is 0 Å². The highest BCUT2D eigenvalue weighted by Crippen LogP contribution is 2.23. The molecule has 0 atom stereocenters. The lowest BCUT2D eigenvalue weighted by Crippen LogP contribution is -2.12. The van der Waals surface area contributed by atoms with Crippen LogP contribution in [0.2, 0.25) is 0 Å².